The molecule has 0 aliphatic rings. The van der Waals surface area contributed by atoms with Crippen molar-refractivity contribution in [2.45, 2.75) is 20.3 Å². The Kier molecular flexibility index (Phi) is 5.84. The predicted octanol–water partition coefficient (Wildman–Crippen LogP) is 1.22. The molecule has 0 unspecified atom stereocenters. The topological polar surface area (TPSA) is 35.5 Å². The summed E-state index contributed by atoms with van der Waals surface area (Å²) in [5.74, 6) is 0.224. The quantitative estimate of drug-likeness (QED) is 0.448. The van der Waals surface area contributed by atoms with Crippen molar-refractivity contribution in [2.75, 3.05) is 20.3 Å². The number of ether oxygens (including phenoxy) is 2. The lowest BCUT2D eigenvalue weighted by Gasteiger charge is -2.05. The van der Waals surface area contributed by atoms with Crippen LogP contribution < -0.4 is 0 Å². The van der Waals surface area contributed by atoms with Gasteiger partial charge < -0.3 is 9.47 Å². The summed E-state index contributed by atoms with van der Waals surface area (Å²) in [7, 11) is 1.58. The Morgan fingerprint density at radius 1 is 1.36 bits per heavy atom. The van der Waals surface area contributed by atoms with Crippen LogP contribution in [0.15, 0.2) is 0 Å². The van der Waals surface area contributed by atoms with E-state index in [9.17, 15) is 4.79 Å². The second-order valence-corrected chi connectivity index (χ2v) is 2.81. The highest BCUT2D eigenvalue weighted by molar-refractivity contribution is 5.69. The van der Waals surface area contributed by atoms with E-state index in [0.29, 0.717) is 25.6 Å². The van der Waals surface area contributed by atoms with Crippen molar-refractivity contribution in [2.24, 2.45) is 5.92 Å². The fourth-order valence-electron chi connectivity index (χ4n) is 0.631. The molecule has 0 amide bonds. The number of hydrogen-bond donors (Lipinski definition) is 0. The van der Waals surface area contributed by atoms with Gasteiger partial charge in [0.25, 0.3) is 0 Å². The average Bonchev–Trinajstić information content (AvgIpc) is 1.86. The highest BCUT2D eigenvalue weighted by Gasteiger charge is 2.04. The second kappa shape index (κ2) is 6.16. The van der Waals surface area contributed by atoms with Gasteiger partial charge in [-0.25, -0.2) is 0 Å². The van der Waals surface area contributed by atoms with Crippen LogP contribution in [0, 0.1) is 5.92 Å². The molecule has 0 bridgehead atoms. The molecular formula is C8H16O3. The van der Waals surface area contributed by atoms with Crippen molar-refractivity contribution in [1.82, 2.24) is 0 Å². The Balaban J connectivity index is 3.23. The minimum Gasteiger partial charge on any atom is -0.463 e. The second-order valence-electron chi connectivity index (χ2n) is 2.81. The molecule has 0 N–H and O–H groups in total. The monoisotopic (exact) mass is 160 g/mol. The normalized spacial score (nSPS) is 10.2. The van der Waals surface area contributed by atoms with E-state index in [0.717, 1.165) is 0 Å². The van der Waals surface area contributed by atoms with Gasteiger partial charge in [0.1, 0.15) is 6.61 Å². The van der Waals surface area contributed by atoms with Crippen molar-refractivity contribution in [3.8, 4) is 0 Å². The minimum absolute atomic E-state index is 0.142. The van der Waals surface area contributed by atoms with Crippen LogP contribution in [0.3, 0.4) is 0 Å². The summed E-state index contributed by atoms with van der Waals surface area (Å²) in [5, 5.41) is 0. The number of rotatable bonds is 5. The molecule has 3 nitrogen and oxygen atoms in total. The maximum Gasteiger partial charge on any atom is 0.306 e. The standard InChI is InChI=1S/C8H16O3/c1-7(2)6-8(9)11-5-4-10-3/h7H,4-6H2,1-3H3. The first-order chi connectivity index (χ1) is 5.16. The van der Waals surface area contributed by atoms with Gasteiger partial charge in [-0.2, -0.15) is 0 Å². The zero-order valence-corrected chi connectivity index (χ0v) is 7.42. The molecule has 0 fully saturated rings. The maximum absolute atomic E-state index is 10.9. The van der Waals surface area contributed by atoms with Gasteiger partial charge in [0.05, 0.1) is 6.61 Å². The molecule has 0 radical (unpaired) electrons. The first kappa shape index (κ1) is 10.4. The molecule has 11 heavy (non-hydrogen) atoms. The molecule has 0 aliphatic heterocycles. The van der Waals surface area contributed by atoms with Crippen LogP contribution in [0.2, 0.25) is 0 Å². The van der Waals surface area contributed by atoms with E-state index < -0.39 is 0 Å². The Labute approximate surface area is 67.7 Å². The van der Waals surface area contributed by atoms with Crippen LogP contribution in [0.1, 0.15) is 20.3 Å². The predicted molar refractivity (Wildman–Crippen MR) is 42.3 cm³/mol. The number of carbonyl (C=O) groups excluding carboxylic acids is 1. The van der Waals surface area contributed by atoms with E-state index >= 15 is 0 Å². The van der Waals surface area contributed by atoms with Crippen LogP contribution in [-0.4, -0.2) is 26.3 Å². The zero-order valence-electron chi connectivity index (χ0n) is 7.42. The smallest absolute Gasteiger partial charge is 0.306 e. The Hall–Kier alpha value is -0.570. The molecule has 0 saturated heterocycles. The molecule has 0 aliphatic carbocycles. The summed E-state index contributed by atoms with van der Waals surface area (Å²) < 4.78 is 9.55. The lowest BCUT2D eigenvalue weighted by atomic mass is 10.1. The van der Waals surface area contributed by atoms with Gasteiger partial charge in [-0.15, -0.1) is 0 Å². The van der Waals surface area contributed by atoms with Crippen molar-refractivity contribution < 1.29 is 14.3 Å². The van der Waals surface area contributed by atoms with Crippen LogP contribution in [0.5, 0.6) is 0 Å². The summed E-state index contributed by atoms with van der Waals surface area (Å²) in [5.41, 5.74) is 0. The van der Waals surface area contributed by atoms with Gasteiger partial charge in [-0.05, 0) is 5.92 Å². The third-order valence-electron chi connectivity index (χ3n) is 1.13. The molecule has 66 valence electrons. The van der Waals surface area contributed by atoms with Gasteiger partial charge in [-0.1, -0.05) is 13.8 Å². The molecule has 0 heterocycles. The number of hydrogen-bond acceptors (Lipinski definition) is 3. The lowest BCUT2D eigenvalue weighted by molar-refractivity contribution is -0.145. The Bertz CT molecular complexity index is 110. The van der Waals surface area contributed by atoms with Crippen LogP contribution >= 0.6 is 0 Å². The largest absolute Gasteiger partial charge is 0.463 e. The summed E-state index contributed by atoms with van der Waals surface area (Å²) in [4.78, 5) is 10.9. The number of carbonyl (C=O) groups is 1. The van der Waals surface area contributed by atoms with Gasteiger partial charge in [0.15, 0.2) is 0 Å². The summed E-state index contributed by atoms with van der Waals surface area (Å²) in [6, 6.07) is 0. The Morgan fingerprint density at radius 2 is 2.00 bits per heavy atom. The first-order valence-corrected chi connectivity index (χ1v) is 3.81. The van der Waals surface area contributed by atoms with E-state index in [2.05, 4.69) is 0 Å². The summed E-state index contributed by atoms with van der Waals surface area (Å²) in [6.07, 6.45) is 0.490. The summed E-state index contributed by atoms with van der Waals surface area (Å²) in [6.45, 7) is 4.81. The van der Waals surface area contributed by atoms with Gasteiger partial charge in [0.2, 0.25) is 0 Å². The third kappa shape index (κ3) is 7.33. The molecule has 0 spiro atoms. The maximum atomic E-state index is 10.9. The fourth-order valence-corrected chi connectivity index (χ4v) is 0.631. The van der Waals surface area contributed by atoms with Gasteiger partial charge in [0, 0.05) is 13.5 Å². The van der Waals surface area contributed by atoms with Crippen molar-refractivity contribution >= 4 is 5.97 Å². The van der Waals surface area contributed by atoms with E-state index in [4.69, 9.17) is 9.47 Å². The van der Waals surface area contributed by atoms with E-state index in [1.807, 2.05) is 13.8 Å². The van der Waals surface area contributed by atoms with Crippen LogP contribution in [0.25, 0.3) is 0 Å². The highest BCUT2D eigenvalue weighted by Crippen LogP contribution is 2.00. The molecule has 0 aromatic rings. The van der Waals surface area contributed by atoms with Crippen LogP contribution in [-0.2, 0) is 14.3 Å². The van der Waals surface area contributed by atoms with E-state index in [-0.39, 0.29) is 5.97 Å². The minimum atomic E-state index is -0.142. The molecule has 0 atom stereocenters. The third-order valence-corrected chi connectivity index (χ3v) is 1.13. The van der Waals surface area contributed by atoms with E-state index in [1.54, 1.807) is 7.11 Å². The fraction of sp³-hybridized carbons (Fsp3) is 0.875. The molecular weight excluding hydrogens is 144 g/mol. The first-order valence-electron chi connectivity index (χ1n) is 3.81. The van der Waals surface area contributed by atoms with Crippen molar-refractivity contribution in [3.05, 3.63) is 0 Å². The lowest BCUT2D eigenvalue weighted by Crippen LogP contribution is -2.11. The molecule has 0 aromatic carbocycles. The van der Waals surface area contributed by atoms with Gasteiger partial charge >= 0.3 is 5.97 Å². The molecule has 0 saturated carbocycles. The number of esters is 1. The van der Waals surface area contributed by atoms with E-state index in [1.165, 1.54) is 0 Å². The van der Waals surface area contributed by atoms with Gasteiger partial charge in [-0.3, -0.25) is 4.79 Å². The van der Waals surface area contributed by atoms with Crippen molar-refractivity contribution in [3.63, 3.8) is 0 Å². The Morgan fingerprint density at radius 3 is 2.45 bits per heavy atom. The van der Waals surface area contributed by atoms with Crippen LogP contribution in [0.4, 0.5) is 0 Å². The average molecular weight is 160 g/mol. The SMILES string of the molecule is COCCOC(=O)CC(C)C. The molecule has 0 rings (SSSR count). The molecule has 0 aromatic heterocycles. The zero-order chi connectivity index (χ0) is 8.69. The van der Waals surface area contributed by atoms with Crippen molar-refractivity contribution in [1.29, 1.82) is 0 Å². The molecule has 3 heteroatoms. The summed E-state index contributed by atoms with van der Waals surface area (Å²) >= 11 is 0. The highest BCUT2D eigenvalue weighted by atomic mass is 16.6. The number of methoxy groups -OCH3 is 1.